The molecule has 0 bridgehead atoms. The van der Waals surface area contributed by atoms with Crippen LogP contribution in [0.5, 0.6) is 11.5 Å². The lowest BCUT2D eigenvalue weighted by molar-refractivity contribution is -0.132. The van der Waals surface area contributed by atoms with Gasteiger partial charge in [-0.2, -0.15) is 0 Å². The van der Waals surface area contributed by atoms with Gasteiger partial charge in [-0.1, -0.05) is 29.8 Å². The molecule has 0 aliphatic carbocycles. The summed E-state index contributed by atoms with van der Waals surface area (Å²) in [4.78, 5) is 24.3. The fourth-order valence-corrected chi connectivity index (χ4v) is 3.16. The zero-order valence-electron chi connectivity index (χ0n) is 15.2. The SMILES string of the molecule is Cc1cccc(C)c1OCC(=O)NNC(=O)[C@H]1COc2ccc(Cl)cc2C1. The third-order valence-electron chi connectivity index (χ3n) is 4.38. The molecule has 0 radical (unpaired) electrons. The lowest BCUT2D eigenvalue weighted by atomic mass is 9.96. The third-order valence-corrected chi connectivity index (χ3v) is 4.62. The van der Waals surface area contributed by atoms with Crippen LogP contribution in [0.15, 0.2) is 36.4 Å². The van der Waals surface area contributed by atoms with E-state index in [4.69, 9.17) is 21.1 Å². The van der Waals surface area contributed by atoms with Gasteiger partial charge in [0, 0.05) is 5.02 Å². The number of amides is 2. The van der Waals surface area contributed by atoms with Gasteiger partial charge in [0.15, 0.2) is 6.61 Å². The number of carbonyl (C=O) groups is 2. The van der Waals surface area contributed by atoms with E-state index in [9.17, 15) is 9.59 Å². The maximum atomic E-state index is 12.3. The Hall–Kier alpha value is -2.73. The minimum absolute atomic E-state index is 0.189. The lowest BCUT2D eigenvalue weighted by Crippen LogP contribution is -2.48. The molecule has 142 valence electrons. The van der Waals surface area contributed by atoms with Crippen LogP contribution in [-0.2, 0) is 16.0 Å². The van der Waals surface area contributed by atoms with Gasteiger partial charge >= 0.3 is 0 Å². The first-order valence-electron chi connectivity index (χ1n) is 8.63. The van der Waals surface area contributed by atoms with E-state index < -0.39 is 11.8 Å². The minimum Gasteiger partial charge on any atom is -0.492 e. The number of hydrazine groups is 1. The smallest absolute Gasteiger partial charge is 0.276 e. The molecule has 1 aliphatic rings. The fraction of sp³-hybridized carbons (Fsp3) is 0.300. The monoisotopic (exact) mass is 388 g/mol. The molecule has 0 fully saturated rings. The summed E-state index contributed by atoms with van der Waals surface area (Å²) in [6.07, 6.45) is 0.497. The summed E-state index contributed by atoms with van der Waals surface area (Å²) in [5.41, 5.74) is 7.58. The molecule has 2 aromatic carbocycles. The van der Waals surface area contributed by atoms with E-state index >= 15 is 0 Å². The first-order valence-corrected chi connectivity index (χ1v) is 9.01. The molecule has 0 unspecified atom stereocenters. The summed E-state index contributed by atoms with van der Waals surface area (Å²) >= 11 is 5.99. The number of nitrogens with one attached hydrogen (secondary N) is 2. The predicted molar refractivity (Wildman–Crippen MR) is 102 cm³/mol. The van der Waals surface area contributed by atoms with E-state index in [0.717, 1.165) is 22.4 Å². The van der Waals surface area contributed by atoms with Crippen LogP contribution >= 0.6 is 11.6 Å². The quantitative estimate of drug-likeness (QED) is 0.789. The summed E-state index contributed by atoms with van der Waals surface area (Å²) in [5.74, 6) is 0.241. The van der Waals surface area contributed by atoms with Crippen LogP contribution in [0, 0.1) is 19.8 Å². The zero-order chi connectivity index (χ0) is 19.4. The van der Waals surface area contributed by atoms with Crippen molar-refractivity contribution in [2.45, 2.75) is 20.3 Å². The Balaban J connectivity index is 1.48. The molecular weight excluding hydrogens is 368 g/mol. The molecule has 0 saturated carbocycles. The largest absolute Gasteiger partial charge is 0.492 e. The highest BCUT2D eigenvalue weighted by molar-refractivity contribution is 6.30. The first kappa shape index (κ1) is 19.0. The molecule has 0 aromatic heterocycles. The number of hydrogen-bond acceptors (Lipinski definition) is 4. The molecule has 3 rings (SSSR count). The maximum Gasteiger partial charge on any atom is 0.276 e. The summed E-state index contributed by atoms with van der Waals surface area (Å²) in [7, 11) is 0. The van der Waals surface area contributed by atoms with Crippen LogP contribution in [0.3, 0.4) is 0 Å². The van der Waals surface area contributed by atoms with Gasteiger partial charge in [-0.15, -0.1) is 0 Å². The van der Waals surface area contributed by atoms with Crippen LogP contribution in [0.4, 0.5) is 0 Å². The second-order valence-corrected chi connectivity index (χ2v) is 6.95. The normalized spacial score (nSPS) is 15.3. The molecule has 7 heteroatoms. The molecular formula is C20H21ClN2O4. The van der Waals surface area contributed by atoms with E-state index in [0.29, 0.717) is 17.2 Å². The zero-order valence-corrected chi connectivity index (χ0v) is 15.9. The predicted octanol–water partition coefficient (Wildman–Crippen LogP) is 2.73. The van der Waals surface area contributed by atoms with Crippen molar-refractivity contribution < 1.29 is 19.1 Å². The Kier molecular flexibility index (Phi) is 5.86. The van der Waals surface area contributed by atoms with Crippen molar-refractivity contribution in [1.29, 1.82) is 0 Å². The number of aryl methyl sites for hydroxylation is 2. The fourth-order valence-electron chi connectivity index (χ4n) is 2.97. The van der Waals surface area contributed by atoms with Crippen LogP contribution < -0.4 is 20.3 Å². The summed E-state index contributed by atoms with van der Waals surface area (Å²) in [5, 5.41) is 0.593. The first-order chi connectivity index (χ1) is 12.9. The molecule has 1 aliphatic heterocycles. The topological polar surface area (TPSA) is 76.7 Å². The Morgan fingerprint density at radius 3 is 2.67 bits per heavy atom. The van der Waals surface area contributed by atoms with E-state index in [1.165, 1.54) is 0 Å². The molecule has 27 heavy (non-hydrogen) atoms. The second-order valence-electron chi connectivity index (χ2n) is 6.51. The molecule has 2 aromatic rings. The molecule has 0 spiro atoms. The van der Waals surface area contributed by atoms with E-state index in [-0.39, 0.29) is 19.1 Å². The standard InChI is InChI=1S/C20H21ClN2O4/c1-12-4-3-5-13(2)19(12)27-11-18(24)22-23-20(25)15-8-14-9-16(21)6-7-17(14)26-10-15/h3-7,9,15H,8,10-11H2,1-2H3,(H,22,24)(H,23,25)/t15-/m1/s1. The summed E-state index contributed by atoms with van der Waals surface area (Å²) in [6, 6.07) is 11.1. The van der Waals surface area contributed by atoms with Gasteiger partial charge in [-0.3, -0.25) is 20.4 Å². The molecule has 1 heterocycles. The van der Waals surface area contributed by atoms with Gasteiger partial charge in [0.1, 0.15) is 18.1 Å². The van der Waals surface area contributed by atoms with Crippen LogP contribution in [-0.4, -0.2) is 25.0 Å². The number of fused-ring (bicyclic) bond motifs is 1. The Bertz CT molecular complexity index is 849. The molecule has 2 N–H and O–H groups in total. The highest BCUT2D eigenvalue weighted by Crippen LogP contribution is 2.29. The van der Waals surface area contributed by atoms with Gasteiger partial charge in [0.05, 0.1) is 5.92 Å². The van der Waals surface area contributed by atoms with Crippen LogP contribution in [0.2, 0.25) is 5.02 Å². The molecule has 0 saturated heterocycles. The summed E-state index contributed by atoms with van der Waals surface area (Å²) < 4.78 is 11.2. The van der Waals surface area contributed by atoms with E-state index in [1.807, 2.05) is 32.0 Å². The third kappa shape index (κ3) is 4.71. The number of carbonyl (C=O) groups excluding carboxylic acids is 2. The Morgan fingerprint density at radius 1 is 1.19 bits per heavy atom. The number of halogens is 1. The number of para-hydroxylation sites is 1. The van der Waals surface area contributed by atoms with Gasteiger partial charge in [0.2, 0.25) is 5.91 Å². The van der Waals surface area contributed by atoms with Gasteiger partial charge < -0.3 is 9.47 Å². The van der Waals surface area contributed by atoms with Crippen molar-refractivity contribution in [2.75, 3.05) is 13.2 Å². The average Bonchev–Trinajstić information content (AvgIpc) is 2.65. The number of benzene rings is 2. The Labute approximate surface area is 162 Å². The number of ether oxygens (including phenoxy) is 2. The van der Waals surface area contributed by atoms with Crippen molar-refractivity contribution in [3.05, 3.63) is 58.1 Å². The minimum atomic E-state index is -0.439. The number of rotatable bonds is 4. The molecule has 6 nitrogen and oxygen atoms in total. The van der Waals surface area contributed by atoms with Gasteiger partial charge in [-0.05, 0) is 55.2 Å². The average molecular weight is 389 g/mol. The number of hydrogen-bond donors (Lipinski definition) is 2. The van der Waals surface area contributed by atoms with Crippen molar-refractivity contribution in [3.8, 4) is 11.5 Å². The molecule has 1 atom stereocenters. The van der Waals surface area contributed by atoms with Gasteiger partial charge in [0.25, 0.3) is 5.91 Å². The van der Waals surface area contributed by atoms with Crippen LogP contribution in [0.25, 0.3) is 0 Å². The van der Waals surface area contributed by atoms with Crippen molar-refractivity contribution in [2.24, 2.45) is 5.92 Å². The Morgan fingerprint density at radius 2 is 1.93 bits per heavy atom. The maximum absolute atomic E-state index is 12.3. The highest BCUT2D eigenvalue weighted by atomic mass is 35.5. The van der Waals surface area contributed by atoms with Crippen LogP contribution in [0.1, 0.15) is 16.7 Å². The second kappa shape index (κ2) is 8.31. The lowest BCUT2D eigenvalue weighted by Gasteiger charge is -2.24. The summed E-state index contributed by atoms with van der Waals surface area (Å²) in [6.45, 7) is 3.88. The van der Waals surface area contributed by atoms with Crippen molar-refractivity contribution in [3.63, 3.8) is 0 Å². The van der Waals surface area contributed by atoms with Crippen molar-refractivity contribution in [1.82, 2.24) is 10.9 Å². The van der Waals surface area contributed by atoms with E-state index in [1.54, 1.807) is 18.2 Å². The van der Waals surface area contributed by atoms with Gasteiger partial charge in [-0.25, -0.2) is 0 Å². The highest BCUT2D eigenvalue weighted by Gasteiger charge is 2.26. The van der Waals surface area contributed by atoms with Crippen molar-refractivity contribution >= 4 is 23.4 Å². The van der Waals surface area contributed by atoms with E-state index in [2.05, 4.69) is 10.9 Å². The molecule has 2 amide bonds.